The SMILES string of the molecule is CC(N)CCc1ncc(-c2ccsc2)[nH]1. The summed E-state index contributed by atoms with van der Waals surface area (Å²) in [5.41, 5.74) is 8.00. The van der Waals surface area contributed by atoms with Crippen molar-refractivity contribution in [2.24, 2.45) is 5.73 Å². The van der Waals surface area contributed by atoms with Gasteiger partial charge in [-0.15, -0.1) is 0 Å². The second-order valence-corrected chi connectivity index (χ2v) is 4.55. The molecule has 0 fully saturated rings. The van der Waals surface area contributed by atoms with Gasteiger partial charge in [-0.25, -0.2) is 4.98 Å². The van der Waals surface area contributed by atoms with Gasteiger partial charge in [0.25, 0.3) is 0 Å². The van der Waals surface area contributed by atoms with Gasteiger partial charge >= 0.3 is 0 Å². The second kappa shape index (κ2) is 4.59. The lowest BCUT2D eigenvalue weighted by Crippen LogP contribution is -2.15. The Kier molecular flexibility index (Phi) is 3.18. The van der Waals surface area contributed by atoms with Crippen molar-refractivity contribution in [3.8, 4) is 11.3 Å². The van der Waals surface area contributed by atoms with Crippen LogP contribution in [-0.2, 0) is 6.42 Å². The molecule has 0 aliphatic heterocycles. The van der Waals surface area contributed by atoms with Crippen LogP contribution in [-0.4, -0.2) is 16.0 Å². The number of nitrogens with zero attached hydrogens (tertiary/aromatic N) is 1. The second-order valence-electron chi connectivity index (χ2n) is 3.77. The van der Waals surface area contributed by atoms with E-state index in [1.165, 1.54) is 5.56 Å². The molecular weight excluding hydrogens is 206 g/mol. The van der Waals surface area contributed by atoms with Gasteiger partial charge in [-0.1, -0.05) is 0 Å². The Hall–Kier alpha value is -1.13. The van der Waals surface area contributed by atoms with Crippen LogP contribution < -0.4 is 5.73 Å². The van der Waals surface area contributed by atoms with Crippen LogP contribution in [0.2, 0.25) is 0 Å². The molecule has 2 aromatic heterocycles. The number of aromatic amines is 1. The molecule has 2 rings (SSSR count). The summed E-state index contributed by atoms with van der Waals surface area (Å²) in [6.07, 6.45) is 3.77. The molecule has 1 atom stereocenters. The first-order valence-electron chi connectivity index (χ1n) is 5.08. The monoisotopic (exact) mass is 221 g/mol. The summed E-state index contributed by atoms with van der Waals surface area (Å²) in [6, 6.07) is 2.33. The first-order chi connectivity index (χ1) is 7.25. The van der Waals surface area contributed by atoms with Crippen LogP contribution in [0.3, 0.4) is 0 Å². The Morgan fingerprint density at radius 2 is 2.47 bits per heavy atom. The van der Waals surface area contributed by atoms with Crippen LogP contribution in [0.15, 0.2) is 23.0 Å². The van der Waals surface area contributed by atoms with E-state index < -0.39 is 0 Å². The molecule has 80 valence electrons. The number of rotatable bonds is 4. The lowest BCUT2D eigenvalue weighted by Gasteiger charge is -2.01. The molecule has 3 N–H and O–H groups in total. The Morgan fingerprint density at radius 3 is 3.13 bits per heavy atom. The minimum atomic E-state index is 0.236. The summed E-state index contributed by atoms with van der Waals surface area (Å²) in [5.74, 6) is 1.02. The zero-order valence-corrected chi connectivity index (χ0v) is 9.55. The van der Waals surface area contributed by atoms with Gasteiger partial charge in [0.2, 0.25) is 0 Å². The molecule has 3 nitrogen and oxygen atoms in total. The molecule has 0 bridgehead atoms. The Bertz CT molecular complexity index is 403. The molecule has 0 aromatic carbocycles. The number of aromatic nitrogens is 2. The number of thiophene rings is 1. The van der Waals surface area contributed by atoms with Crippen molar-refractivity contribution in [1.82, 2.24) is 9.97 Å². The van der Waals surface area contributed by atoms with Crippen LogP contribution in [0.4, 0.5) is 0 Å². The maximum Gasteiger partial charge on any atom is 0.106 e. The number of H-pyrrole nitrogens is 1. The molecule has 0 spiro atoms. The van der Waals surface area contributed by atoms with Crippen molar-refractivity contribution in [2.45, 2.75) is 25.8 Å². The van der Waals surface area contributed by atoms with Crippen LogP contribution in [0, 0.1) is 0 Å². The number of hydrogen-bond donors (Lipinski definition) is 2. The molecule has 0 aliphatic carbocycles. The maximum absolute atomic E-state index is 5.70. The van der Waals surface area contributed by atoms with E-state index in [9.17, 15) is 0 Å². The van der Waals surface area contributed by atoms with E-state index in [1.807, 2.05) is 13.1 Å². The molecule has 1 unspecified atom stereocenters. The fourth-order valence-corrected chi connectivity index (χ4v) is 2.07. The summed E-state index contributed by atoms with van der Waals surface area (Å²) >= 11 is 1.69. The van der Waals surface area contributed by atoms with Crippen LogP contribution in [0.1, 0.15) is 19.2 Å². The van der Waals surface area contributed by atoms with Crippen molar-refractivity contribution in [3.63, 3.8) is 0 Å². The number of hydrogen-bond acceptors (Lipinski definition) is 3. The highest BCUT2D eigenvalue weighted by Crippen LogP contribution is 2.20. The lowest BCUT2D eigenvalue weighted by molar-refractivity contribution is 0.652. The molecule has 15 heavy (non-hydrogen) atoms. The number of nitrogens with one attached hydrogen (secondary N) is 1. The Morgan fingerprint density at radius 1 is 1.60 bits per heavy atom. The molecular formula is C11H15N3S. The molecule has 2 heterocycles. The molecule has 0 saturated carbocycles. The highest BCUT2D eigenvalue weighted by molar-refractivity contribution is 7.08. The van der Waals surface area contributed by atoms with Gasteiger partial charge in [-0.2, -0.15) is 11.3 Å². The summed E-state index contributed by atoms with van der Waals surface area (Å²) in [4.78, 5) is 7.65. The molecule has 0 amide bonds. The van der Waals surface area contributed by atoms with E-state index in [-0.39, 0.29) is 6.04 Å². The van der Waals surface area contributed by atoms with E-state index in [2.05, 4.69) is 26.8 Å². The highest BCUT2D eigenvalue weighted by Gasteiger charge is 2.04. The van der Waals surface area contributed by atoms with Crippen LogP contribution in [0.25, 0.3) is 11.3 Å². The van der Waals surface area contributed by atoms with E-state index in [1.54, 1.807) is 11.3 Å². The summed E-state index contributed by atoms with van der Waals surface area (Å²) in [7, 11) is 0. The number of imidazole rings is 1. The highest BCUT2D eigenvalue weighted by atomic mass is 32.1. The standard InChI is InChI=1S/C11H15N3S/c1-8(12)2-3-11-13-6-10(14-11)9-4-5-15-7-9/h4-8H,2-3,12H2,1H3,(H,13,14). The van der Waals surface area contributed by atoms with Crippen molar-refractivity contribution in [3.05, 3.63) is 28.8 Å². The Balaban J connectivity index is 2.04. The normalized spacial score (nSPS) is 12.9. The van der Waals surface area contributed by atoms with Gasteiger partial charge < -0.3 is 10.7 Å². The summed E-state index contributed by atoms with van der Waals surface area (Å²) in [6.45, 7) is 2.02. The first kappa shape index (κ1) is 10.4. The van der Waals surface area contributed by atoms with Gasteiger partial charge in [-0.3, -0.25) is 0 Å². The van der Waals surface area contributed by atoms with Crippen LogP contribution >= 0.6 is 11.3 Å². The fourth-order valence-electron chi connectivity index (χ4n) is 1.42. The minimum absolute atomic E-state index is 0.236. The first-order valence-corrected chi connectivity index (χ1v) is 6.02. The zero-order valence-electron chi connectivity index (χ0n) is 8.73. The lowest BCUT2D eigenvalue weighted by atomic mass is 10.2. The quantitative estimate of drug-likeness (QED) is 0.833. The van der Waals surface area contributed by atoms with Gasteiger partial charge in [-0.05, 0) is 24.8 Å². The van der Waals surface area contributed by atoms with Gasteiger partial charge in [0.05, 0.1) is 11.9 Å². The third-order valence-electron chi connectivity index (χ3n) is 2.30. The largest absolute Gasteiger partial charge is 0.342 e. The minimum Gasteiger partial charge on any atom is -0.342 e. The molecule has 0 radical (unpaired) electrons. The topological polar surface area (TPSA) is 54.7 Å². The van der Waals surface area contributed by atoms with Crippen LogP contribution in [0.5, 0.6) is 0 Å². The van der Waals surface area contributed by atoms with Gasteiger partial charge in [0, 0.05) is 23.4 Å². The molecule has 2 aromatic rings. The van der Waals surface area contributed by atoms with E-state index in [0.717, 1.165) is 24.4 Å². The molecule has 0 saturated heterocycles. The average molecular weight is 221 g/mol. The smallest absolute Gasteiger partial charge is 0.106 e. The average Bonchev–Trinajstić information content (AvgIpc) is 2.85. The Labute approximate surface area is 93.4 Å². The number of aryl methyl sites for hydroxylation is 1. The molecule has 0 aliphatic rings. The van der Waals surface area contributed by atoms with Crippen molar-refractivity contribution in [1.29, 1.82) is 0 Å². The predicted octanol–water partition coefficient (Wildman–Crippen LogP) is 2.42. The maximum atomic E-state index is 5.70. The fraction of sp³-hybridized carbons (Fsp3) is 0.364. The third-order valence-corrected chi connectivity index (χ3v) is 2.98. The van der Waals surface area contributed by atoms with Gasteiger partial charge in [0.1, 0.15) is 5.82 Å². The van der Waals surface area contributed by atoms with Gasteiger partial charge in [0.15, 0.2) is 0 Å². The van der Waals surface area contributed by atoms with Crippen molar-refractivity contribution in [2.75, 3.05) is 0 Å². The third kappa shape index (κ3) is 2.67. The predicted molar refractivity (Wildman–Crippen MR) is 63.9 cm³/mol. The van der Waals surface area contributed by atoms with E-state index in [4.69, 9.17) is 5.73 Å². The number of nitrogens with two attached hydrogens (primary N) is 1. The van der Waals surface area contributed by atoms with Crippen molar-refractivity contribution >= 4 is 11.3 Å². The zero-order chi connectivity index (χ0) is 10.7. The summed E-state index contributed by atoms with van der Waals surface area (Å²) < 4.78 is 0. The van der Waals surface area contributed by atoms with E-state index in [0.29, 0.717) is 0 Å². The van der Waals surface area contributed by atoms with Crippen molar-refractivity contribution < 1.29 is 0 Å². The molecule has 4 heteroatoms. The summed E-state index contributed by atoms with van der Waals surface area (Å²) in [5, 5.41) is 4.18. The van der Waals surface area contributed by atoms with E-state index >= 15 is 0 Å².